The number of hydrogen-bond donors (Lipinski definition) is 9. The van der Waals surface area contributed by atoms with Gasteiger partial charge in [0.25, 0.3) is 0 Å². The zero-order chi connectivity index (χ0) is 34.1. The molecule has 0 aromatic heterocycles. The summed E-state index contributed by atoms with van der Waals surface area (Å²) in [7, 11) is 0. The van der Waals surface area contributed by atoms with Crippen LogP contribution in [0.1, 0.15) is 104 Å². The van der Waals surface area contributed by atoms with Gasteiger partial charge < -0.3 is 0 Å². The second-order valence-electron chi connectivity index (χ2n) is 12.1. The van der Waals surface area contributed by atoms with E-state index in [-0.39, 0.29) is 52.1 Å². The van der Waals surface area contributed by atoms with Crippen LogP contribution in [0.4, 0.5) is 0 Å². The Labute approximate surface area is 274 Å². The Morgan fingerprint density at radius 1 is 0.333 bits per heavy atom. The molecule has 0 saturated heterocycles. The van der Waals surface area contributed by atoms with E-state index in [4.69, 9.17) is 0 Å². The molecule has 0 fully saturated rings. The fraction of sp³-hybridized carbons (Fsp3) is 0.750. The summed E-state index contributed by atoms with van der Waals surface area (Å²) in [5.74, 6) is -0.675. The summed E-state index contributed by atoms with van der Waals surface area (Å²) in [6.45, 7) is 26.6. The van der Waals surface area contributed by atoms with Crippen LogP contribution in [-0.4, -0.2) is 52.1 Å². The van der Waals surface area contributed by atoms with Crippen LogP contribution in [0.5, 0.6) is 0 Å². The first kappa shape index (κ1) is 45.4. The molecule has 0 atom stereocenters. The molecule has 0 aromatic carbocycles. The van der Waals surface area contributed by atoms with Crippen molar-refractivity contribution in [3.05, 3.63) is 0 Å². The van der Waals surface area contributed by atoms with Crippen LogP contribution in [0.15, 0.2) is 0 Å². The van der Waals surface area contributed by atoms with Crippen LogP contribution in [0.25, 0.3) is 0 Å². The molecule has 0 aromatic rings. The molecule has 0 aliphatic rings. The van der Waals surface area contributed by atoms with Crippen molar-refractivity contribution in [1.29, 1.82) is 0 Å². The van der Waals surface area contributed by atoms with Gasteiger partial charge in [-0.15, -0.1) is 0 Å². The summed E-state index contributed by atoms with van der Waals surface area (Å²) >= 11 is -7.12. The first-order valence-corrected chi connectivity index (χ1v) is 22.9. The van der Waals surface area contributed by atoms with Gasteiger partial charge in [0.15, 0.2) is 0 Å². The molecule has 0 aliphatic heterocycles. The fourth-order valence-corrected chi connectivity index (χ4v) is 13.0. The number of hydrogen-bond acceptors (Lipinski definition) is 9. The molecule has 18 heteroatoms. The Morgan fingerprint density at radius 2 is 0.452 bits per heavy atom. The van der Waals surface area contributed by atoms with Gasteiger partial charge in [-0.2, -0.15) is 0 Å². The van der Waals surface area contributed by atoms with E-state index < -0.39 is 57.7 Å². The SMILES string of the molecule is CC(=O)[NH][Nb]([NH]C(C)=O)[NH]C(C)(C)C.CC(=O)[NH][Nb]([NH]C(C)=O)[NH]C(C)(C)C.CC(=O)[NH][Nb]([NH]C(C)=O)[NH]C(C)(C)C. The van der Waals surface area contributed by atoms with E-state index in [2.05, 4.69) is 33.5 Å². The molecular formula is C24H54N9Nb3O6. The summed E-state index contributed by atoms with van der Waals surface area (Å²) < 4.78 is 26.3. The van der Waals surface area contributed by atoms with Crippen molar-refractivity contribution in [2.24, 2.45) is 0 Å². The Kier molecular flexibility index (Phi) is 23.3. The Hall–Kier alpha value is -1.08. The molecule has 246 valence electrons. The van der Waals surface area contributed by atoms with Crippen molar-refractivity contribution in [1.82, 2.24) is 33.5 Å². The van der Waals surface area contributed by atoms with E-state index >= 15 is 0 Å². The van der Waals surface area contributed by atoms with Gasteiger partial charge in [-0.25, -0.2) is 0 Å². The molecule has 6 amide bonds. The fourth-order valence-electron chi connectivity index (χ4n) is 2.20. The third kappa shape index (κ3) is 38.9. The zero-order valence-electron chi connectivity index (χ0n) is 27.8. The topological polar surface area (TPSA) is 211 Å². The number of amides is 6. The van der Waals surface area contributed by atoms with Gasteiger partial charge >= 0.3 is 276 Å². The third-order valence-electron chi connectivity index (χ3n) is 2.96. The molecule has 9 N–H and O–H groups in total. The van der Waals surface area contributed by atoms with Crippen molar-refractivity contribution in [3.8, 4) is 0 Å². The van der Waals surface area contributed by atoms with E-state index in [1.54, 1.807) is 0 Å². The van der Waals surface area contributed by atoms with Crippen LogP contribution in [0.3, 0.4) is 0 Å². The van der Waals surface area contributed by atoms with E-state index in [0.717, 1.165) is 0 Å². The van der Waals surface area contributed by atoms with Crippen LogP contribution in [0.2, 0.25) is 0 Å². The van der Waals surface area contributed by atoms with Gasteiger partial charge in [0.2, 0.25) is 0 Å². The standard InChI is InChI=1S/3C4H10N.6C2H5NO.3Nb/c3*1-4(2,3)5;6*1-2(3)4;;;/h3*5H,1-3H3;6*1H3,(H2,3,4);;;/q3*-1;;;;;;;3*+3/p-6. The van der Waals surface area contributed by atoms with E-state index in [0.29, 0.717) is 0 Å². The summed E-state index contributed by atoms with van der Waals surface area (Å²) in [6, 6.07) is 0. The van der Waals surface area contributed by atoms with Crippen LogP contribution < -0.4 is 33.5 Å². The number of carbonyl (C=O) groups excluding carboxylic acids is 6. The molecule has 0 unspecified atom stereocenters. The molecule has 42 heavy (non-hydrogen) atoms. The van der Waals surface area contributed by atoms with Gasteiger partial charge in [0, 0.05) is 0 Å². The predicted octanol–water partition coefficient (Wildman–Crippen LogP) is 0.0297. The first-order valence-electron chi connectivity index (χ1n) is 13.0. The van der Waals surface area contributed by atoms with Crippen molar-refractivity contribution in [3.63, 3.8) is 0 Å². The van der Waals surface area contributed by atoms with Crippen molar-refractivity contribution < 1.29 is 86.4 Å². The Morgan fingerprint density at radius 3 is 0.524 bits per heavy atom. The summed E-state index contributed by atoms with van der Waals surface area (Å²) in [6.07, 6.45) is 0. The van der Waals surface area contributed by atoms with E-state index in [1.807, 2.05) is 62.3 Å². The minimum atomic E-state index is -2.37. The molecule has 0 radical (unpaired) electrons. The Balaban J connectivity index is -0.000000543. The van der Waals surface area contributed by atoms with Gasteiger partial charge in [-0.1, -0.05) is 0 Å². The van der Waals surface area contributed by atoms with Gasteiger partial charge in [-0.05, 0) is 0 Å². The zero-order valence-corrected chi connectivity index (χ0v) is 34.4. The number of nitrogens with one attached hydrogen (secondary N) is 9. The molecule has 0 spiro atoms. The van der Waals surface area contributed by atoms with Crippen LogP contribution in [0, 0.1) is 0 Å². The Bertz CT molecular complexity index is 741. The van der Waals surface area contributed by atoms with Crippen LogP contribution in [-0.2, 0) is 86.4 Å². The van der Waals surface area contributed by atoms with Gasteiger partial charge in [0.1, 0.15) is 0 Å². The van der Waals surface area contributed by atoms with E-state index in [9.17, 15) is 28.8 Å². The average Bonchev–Trinajstić information content (AvgIpc) is 2.61. The molecular weight excluding hydrogens is 789 g/mol. The van der Waals surface area contributed by atoms with Gasteiger partial charge in [-0.3, -0.25) is 0 Å². The second kappa shape index (κ2) is 21.6. The van der Waals surface area contributed by atoms with Crippen LogP contribution >= 0.6 is 0 Å². The monoisotopic (exact) mass is 843 g/mol. The summed E-state index contributed by atoms with van der Waals surface area (Å²) in [5.41, 5.74) is -0.310. The molecule has 0 aliphatic carbocycles. The number of carbonyl (C=O) groups is 6. The summed E-state index contributed by atoms with van der Waals surface area (Å²) in [5, 5.41) is 0. The second-order valence-corrected chi connectivity index (χ2v) is 22.0. The quantitative estimate of drug-likeness (QED) is 0.143. The molecule has 0 rings (SSSR count). The predicted molar refractivity (Wildman–Crippen MR) is 152 cm³/mol. The van der Waals surface area contributed by atoms with E-state index in [1.165, 1.54) is 41.5 Å². The molecule has 15 nitrogen and oxygen atoms in total. The molecule has 0 saturated carbocycles. The van der Waals surface area contributed by atoms with Crippen molar-refractivity contribution in [2.45, 2.75) is 120 Å². The summed E-state index contributed by atoms with van der Waals surface area (Å²) in [4.78, 5) is 65.2. The third-order valence-corrected chi connectivity index (χ3v) is 17.5. The molecule has 0 bridgehead atoms. The van der Waals surface area contributed by atoms with Gasteiger partial charge in [0.05, 0.1) is 0 Å². The normalized spacial score (nSPS) is 11.3. The average molecular weight is 843 g/mol. The first-order chi connectivity index (χ1) is 18.6. The maximum absolute atomic E-state index is 10.9. The van der Waals surface area contributed by atoms with Crippen molar-refractivity contribution in [2.75, 3.05) is 0 Å². The number of rotatable bonds is 9. The maximum atomic E-state index is 10.9. The minimum absolute atomic E-state index is 0.103. The molecule has 0 heterocycles. The van der Waals surface area contributed by atoms with Crippen molar-refractivity contribution >= 4 is 35.4 Å².